The van der Waals surface area contributed by atoms with Crippen molar-refractivity contribution in [1.29, 1.82) is 0 Å². The molecule has 212 valence electrons. The number of carbonyl (C=O) groups is 1. The Hall–Kier alpha value is -3.85. The largest absolute Gasteiger partial charge is 0.480 e. The van der Waals surface area contributed by atoms with E-state index in [0.717, 1.165) is 31.0 Å². The Morgan fingerprint density at radius 1 is 1.25 bits per heavy atom. The molecule has 40 heavy (non-hydrogen) atoms. The molecule has 1 fully saturated rings. The highest BCUT2D eigenvalue weighted by molar-refractivity contribution is 7.84. The van der Waals surface area contributed by atoms with Gasteiger partial charge < -0.3 is 4.74 Å². The van der Waals surface area contributed by atoms with E-state index >= 15 is 0 Å². The van der Waals surface area contributed by atoms with Crippen LogP contribution >= 0.6 is 0 Å². The number of hydrogen-bond donors (Lipinski definition) is 1. The summed E-state index contributed by atoms with van der Waals surface area (Å²) in [7, 11) is 0.165. The molecule has 11 nitrogen and oxygen atoms in total. The SMILES string of the molecule is COc1ncnc(C2CC2)c1-c1nc(C)c(N=CC=O)c(N(NCc2ccc(S(C)=O)cn2)C(C)C(F)(F)F)n1. The molecule has 1 aliphatic rings. The maximum absolute atomic E-state index is 14.1. The van der Waals surface area contributed by atoms with Gasteiger partial charge in [-0.2, -0.15) is 13.2 Å². The number of aldehydes is 1. The van der Waals surface area contributed by atoms with Crippen LogP contribution in [0.3, 0.4) is 0 Å². The molecule has 2 atom stereocenters. The fraction of sp³-hybridized carbons (Fsp3) is 0.400. The van der Waals surface area contributed by atoms with Gasteiger partial charge in [-0.3, -0.25) is 19.0 Å². The average molecular weight is 577 g/mol. The van der Waals surface area contributed by atoms with Crippen LogP contribution in [0.2, 0.25) is 0 Å². The number of nitrogens with one attached hydrogen (secondary N) is 1. The molecule has 0 saturated heterocycles. The maximum atomic E-state index is 14.1. The summed E-state index contributed by atoms with van der Waals surface area (Å²) in [5.41, 5.74) is 4.37. The molecule has 1 N–H and O–H groups in total. The van der Waals surface area contributed by atoms with Gasteiger partial charge in [0, 0.05) is 18.4 Å². The summed E-state index contributed by atoms with van der Waals surface area (Å²) in [5.74, 6) is 0.157. The molecular formula is C25H27F3N8O3S. The van der Waals surface area contributed by atoms with Crippen LogP contribution in [0.15, 0.2) is 34.5 Å². The van der Waals surface area contributed by atoms with Crippen LogP contribution in [-0.4, -0.2) is 67.2 Å². The quantitative estimate of drug-likeness (QED) is 0.205. The number of hydrazine groups is 1. The molecule has 0 radical (unpaired) electrons. The van der Waals surface area contributed by atoms with Gasteiger partial charge >= 0.3 is 6.18 Å². The molecule has 0 aromatic carbocycles. The lowest BCUT2D eigenvalue weighted by Gasteiger charge is -2.33. The number of aromatic nitrogens is 5. The summed E-state index contributed by atoms with van der Waals surface area (Å²) in [5, 5.41) is 0.830. The molecule has 0 amide bonds. The highest BCUT2D eigenvalue weighted by Gasteiger charge is 2.42. The van der Waals surface area contributed by atoms with Gasteiger partial charge in [0.05, 0.1) is 52.6 Å². The van der Waals surface area contributed by atoms with E-state index in [4.69, 9.17) is 4.74 Å². The van der Waals surface area contributed by atoms with E-state index in [1.807, 2.05) is 0 Å². The van der Waals surface area contributed by atoms with E-state index in [1.165, 1.54) is 25.9 Å². The highest BCUT2D eigenvalue weighted by Crippen LogP contribution is 2.46. The number of ether oxygens (including phenoxy) is 1. The monoisotopic (exact) mass is 576 g/mol. The fourth-order valence-electron chi connectivity index (χ4n) is 3.89. The molecule has 15 heteroatoms. The summed E-state index contributed by atoms with van der Waals surface area (Å²) in [6.45, 7) is 2.40. The van der Waals surface area contributed by atoms with Gasteiger partial charge in [0.25, 0.3) is 0 Å². The Morgan fingerprint density at radius 2 is 2.00 bits per heavy atom. The van der Waals surface area contributed by atoms with Gasteiger partial charge in [-0.25, -0.2) is 30.4 Å². The average Bonchev–Trinajstić information content (AvgIpc) is 3.77. The normalized spacial score (nSPS) is 15.2. The van der Waals surface area contributed by atoms with Crippen molar-refractivity contribution in [2.75, 3.05) is 18.4 Å². The molecule has 3 aromatic rings. The Labute approximate surface area is 230 Å². The summed E-state index contributed by atoms with van der Waals surface area (Å²) >= 11 is 0. The molecule has 1 saturated carbocycles. The van der Waals surface area contributed by atoms with Gasteiger partial charge in [0.1, 0.15) is 23.6 Å². The van der Waals surface area contributed by atoms with Crippen molar-refractivity contribution in [2.45, 2.75) is 56.3 Å². The summed E-state index contributed by atoms with van der Waals surface area (Å²) in [6, 6.07) is 1.07. The molecular weight excluding hydrogens is 549 g/mol. The number of aliphatic imine (C=N–C) groups is 1. The second-order valence-corrected chi connectivity index (χ2v) is 10.4. The molecule has 1 aliphatic carbocycles. The van der Waals surface area contributed by atoms with Crippen molar-refractivity contribution < 1.29 is 26.9 Å². The lowest BCUT2D eigenvalue weighted by molar-refractivity contribution is -0.146. The number of methoxy groups -OCH3 is 1. The first-order valence-electron chi connectivity index (χ1n) is 12.2. The number of anilines is 1. The van der Waals surface area contributed by atoms with Crippen LogP contribution in [0.1, 0.15) is 42.8 Å². The predicted octanol–water partition coefficient (Wildman–Crippen LogP) is 3.62. The van der Waals surface area contributed by atoms with E-state index in [9.17, 15) is 22.2 Å². The van der Waals surface area contributed by atoms with Crippen LogP contribution in [0, 0.1) is 6.92 Å². The molecule has 0 spiro atoms. The second-order valence-electron chi connectivity index (χ2n) is 9.00. The molecule has 4 rings (SSSR count). The number of halogens is 3. The molecule has 3 heterocycles. The van der Waals surface area contributed by atoms with Crippen LogP contribution in [0.25, 0.3) is 11.4 Å². The molecule has 0 aliphatic heterocycles. The van der Waals surface area contributed by atoms with E-state index in [0.29, 0.717) is 28.1 Å². The predicted molar refractivity (Wildman–Crippen MR) is 142 cm³/mol. The third kappa shape index (κ3) is 6.47. The number of hydrogen-bond acceptors (Lipinski definition) is 11. The van der Waals surface area contributed by atoms with Crippen molar-refractivity contribution in [2.24, 2.45) is 4.99 Å². The van der Waals surface area contributed by atoms with Gasteiger partial charge in [-0.15, -0.1) is 0 Å². The number of nitrogens with zero attached hydrogens (tertiary/aromatic N) is 7. The third-order valence-corrected chi connectivity index (χ3v) is 7.08. The van der Waals surface area contributed by atoms with Gasteiger partial charge in [-0.1, -0.05) is 0 Å². The smallest absolute Gasteiger partial charge is 0.410 e. The fourth-order valence-corrected chi connectivity index (χ4v) is 4.36. The summed E-state index contributed by atoms with van der Waals surface area (Å²) in [4.78, 5) is 37.4. The first-order chi connectivity index (χ1) is 19.0. The topological polar surface area (TPSA) is 135 Å². The summed E-state index contributed by atoms with van der Waals surface area (Å²) < 4.78 is 59.6. The van der Waals surface area contributed by atoms with E-state index in [1.54, 1.807) is 19.1 Å². The molecule has 0 bridgehead atoms. The number of carbonyl (C=O) groups excluding carboxylic acids is 1. The zero-order chi connectivity index (χ0) is 29.0. The van der Waals surface area contributed by atoms with Crippen molar-refractivity contribution in [3.05, 3.63) is 41.7 Å². The van der Waals surface area contributed by atoms with Gasteiger partial charge in [0.15, 0.2) is 17.9 Å². The minimum Gasteiger partial charge on any atom is -0.480 e. The maximum Gasteiger partial charge on any atom is 0.410 e. The van der Waals surface area contributed by atoms with Gasteiger partial charge in [0.2, 0.25) is 5.88 Å². The van der Waals surface area contributed by atoms with Crippen molar-refractivity contribution in [3.8, 4) is 17.3 Å². The Balaban J connectivity index is 1.86. The Morgan fingerprint density at radius 3 is 2.58 bits per heavy atom. The van der Waals surface area contributed by atoms with Crippen molar-refractivity contribution in [1.82, 2.24) is 30.3 Å². The molecule has 3 aromatic heterocycles. The zero-order valence-corrected chi connectivity index (χ0v) is 23.0. The molecule has 2 unspecified atom stereocenters. The van der Waals surface area contributed by atoms with Gasteiger partial charge in [-0.05, 0) is 38.8 Å². The van der Waals surface area contributed by atoms with Crippen LogP contribution in [0.5, 0.6) is 5.88 Å². The van der Waals surface area contributed by atoms with E-state index in [2.05, 4.69) is 35.3 Å². The lowest BCUT2D eigenvalue weighted by atomic mass is 10.1. The van der Waals surface area contributed by atoms with Crippen LogP contribution < -0.4 is 15.2 Å². The standard InChI is InChI=1S/C25H27F3N8O3S/c1-14-20(29-9-10-37)23(35-22(34-14)19-21(16-5-6-16)31-13-32-24(19)39-3)36(15(2)25(26,27)28)33-11-17-7-8-18(12-30-17)40(4)38/h7-10,12-13,15-16,33H,5-6,11H2,1-4H3. The first-order valence-corrected chi connectivity index (χ1v) is 13.7. The summed E-state index contributed by atoms with van der Waals surface area (Å²) in [6.07, 6.45) is 2.67. The zero-order valence-electron chi connectivity index (χ0n) is 22.1. The third-order valence-electron chi connectivity index (χ3n) is 6.18. The van der Waals surface area contributed by atoms with E-state index < -0.39 is 23.0 Å². The Kier molecular flexibility index (Phi) is 8.83. The number of aryl methyl sites for hydroxylation is 1. The second kappa shape index (κ2) is 12.1. The number of alkyl halides is 3. The van der Waals surface area contributed by atoms with Crippen LogP contribution in [0.4, 0.5) is 24.7 Å². The minimum atomic E-state index is -4.68. The van der Waals surface area contributed by atoms with E-state index in [-0.39, 0.29) is 41.4 Å². The van der Waals surface area contributed by atoms with Crippen molar-refractivity contribution in [3.63, 3.8) is 0 Å². The lowest BCUT2D eigenvalue weighted by Crippen LogP contribution is -2.51. The highest BCUT2D eigenvalue weighted by atomic mass is 32.2. The first kappa shape index (κ1) is 29.1. The Bertz CT molecular complexity index is 1430. The van der Waals surface area contributed by atoms with Crippen molar-refractivity contribution >= 4 is 34.8 Å². The minimum absolute atomic E-state index is 0.0343. The number of pyridine rings is 1. The van der Waals surface area contributed by atoms with Crippen LogP contribution in [-0.2, 0) is 22.1 Å². The number of rotatable bonds is 11.